The molecule has 0 aliphatic heterocycles. The fourth-order valence-electron chi connectivity index (χ4n) is 1.66. The monoisotopic (exact) mass is 323 g/mol. The molecule has 106 valence electrons. The van der Waals surface area contributed by atoms with Crippen LogP contribution in [0.5, 0.6) is 0 Å². The second-order valence-corrected chi connectivity index (χ2v) is 6.94. The lowest BCUT2D eigenvalue weighted by molar-refractivity contribution is 0.0764. The molecule has 0 saturated carbocycles. The van der Waals surface area contributed by atoms with Gasteiger partial charge in [-0.2, -0.15) is 0 Å². The number of hydrogen-bond donors (Lipinski definition) is 0. The minimum Gasteiger partial charge on any atom is -0.339 e. The van der Waals surface area contributed by atoms with Gasteiger partial charge < -0.3 is 4.90 Å². The van der Waals surface area contributed by atoms with Crippen molar-refractivity contribution in [2.45, 2.75) is 25.2 Å². The summed E-state index contributed by atoms with van der Waals surface area (Å²) >= 11 is 5.96. The summed E-state index contributed by atoms with van der Waals surface area (Å²) in [5, 5.41) is 0.212. The number of hydrogen-bond acceptors (Lipinski definition) is 3. The van der Waals surface area contributed by atoms with Crippen molar-refractivity contribution in [2.75, 3.05) is 13.1 Å². The van der Waals surface area contributed by atoms with Crippen molar-refractivity contribution in [3.8, 4) is 0 Å². The van der Waals surface area contributed by atoms with E-state index in [4.69, 9.17) is 22.3 Å². The first-order chi connectivity index (χ1) is 8.81. The number of amides is 1. The summed E-state index contributed by atoms with van der Waals surface area (Å²) in [4.78, 5) is 13.7. The summed E-state index contributed by atoms with van der Waals surface area (Å²) in [7, 11) is 1.39. The highest BCUT2D eigenvalue weighted by Gasteiger charge is 2.20. The summed E-state index contributed by atoms with van der Waals surface area (Å²) in [6, 6.07) is 3.85. The molecule has 0 unspecified atom stereocenters. The SMILES string of the molecule is CCCN(CC)C(=O)c1cc(S(=O)(=O)Cl)ccc1Cl. The van der Waals surface area contributed by atoms with E-state index in [1.165, 1.54) is 18.2 Å². The zero-order valence-electron chi connectivity index (χ0n) is 10.7. The third-order valence-corrected chi connectivity index (χ3v) is 4.29. The van der Waals surface area contributed by atoms with Crippen molar-refractivity contribution in [2.24, 2.45) is 0 Å². The van der Waals surface area contributed by atoms with Crippen LogP contribution in [0.2, 0.25) is 5.02 Å². The van der Waals surface area contributed by atoms with Crippen LogP contribution in [-0.2, 0) is 9.05 Å². The van der Waals surface area contributed by atoms with E-state index in [0.29, 0.717) is 13.1 Å². The molecule has 0 N–H and O–H groups in total. The van der Waals surface area contributed by atoms with Gasteiger partial charge >= 0.3 is 0 Å². The first kappa shape index (κ1) is 16.3. The van der Waals surface area contributed by atoms with E-state index in [-0.39, 0.29) is 21.4 Å². The predicted molar refractivity (Wildman–Crippen MR) is 76.4 cm³/mol. The molecule has 7 heteroatoms. The van der Waals surface area contributed by atoms with Gasteiger partial charge in [0.05, 0.1) is 15.5 Å². The maximum Gasteiger partial charge on any atom is 0.261 e. The van der Waals surface area contributed by atoms with E-state index in [1.54, 1.807) is 4.90 Å². The van der Waals surface area contributed by atoms with E-state index in [0.717, 1.165) is 6.42 Å². The number of nitrogens with zero attached hydrogens (tertiary/aromatic N) is 1. The quantitative estimate of drug-likeness (QED) is 0.782. The van der Waals surface area contributed by atoms with Crippen molar-refractivity contribution >= 4 is 37.2 Å². The molecule has 1 amide bonds. The third-order valence-electron chi connectivity index (χ3n) is 2.61. The summed E-state index contributed by atoms with van der Waals surface area (Å²) in [6.07, 6.45) is 0.810. The molecule has 0 fully saturated rings. The van der Waals surface area contributed by atoms with Crippen molar-refractivity contribution in [3.63, 3.8) is 0 Å². The van der Waals surface area contributed by atoms with Crippen LogP contribution >= 0.6 is 22.3 Å². The summed E-state index contributed by atoms with van der Waals surface area (Å²) in [6.45, 7) is 4.92. The summed E-state index contributed by atoms with van der Waals surface area (Å²) < 4.78 is 22.6. The molecule has 0 aliphatic carbocycles. The van der Waals surface area contributed by atoms with Crippen molar-refractivity contribution in [3.05, 3.63) is 28.8 Å². The lowest BCUT2D eigenvalue weighted by atomic mass is 10.2. The van der Waals surface area contributed by atoms with E-state index >= 15 is 0 Å². The molecule has 0 aliphatic rings. The van der Waals surface area contributed by atoms with E-state index in [2.05, 4.69) is 0 Å². The summed E-state index contributed by atoms with van der Waals surface area (Å²) in [5.74, 6) is -0.295. The standard InChI is InChI=1S/C12H15Cl2NO3S/c1-3-7-15(4-2)12(16)10-8-9(19(14,17)18)5-6-11(10)13/h5-6,8H,3-4,7H2,1-2H3. The van der Waals surface area contributed by atoms with Crippen molar-refractivity contribution < 1.29 is 13.2 Å². The molecular formula is C12H15Cl2NO3S. The Morgan fingerprint density at radius 3 is 2.42 bits per heavy atom. The van der Waals surface area contributed by atoms with Gasteiger partial charge in [-0.05, 0) is 31.5 Å². The number of rotatable bonds is 5. The van der Waals surface area contributed by atoms with Crippen LogP contribution in [0.15, 0.2) is 23.1 Å². The first-order valence-corrected chi connectivity index (χ1v) is 8.53. The Hall–Kier alpha value is -0.780. The number of carbonyl (C=O) groups excluding carboxylic acids is 1. The topological polar surface area (TPSA) is 54.5 Å². The van der Waals surface area contributed by atoms with E-state index in [9.17, 15) is 13.2 Å². The average Bonchev–Trinajstić information content (AvgIpc) is 2.34. The zero-order valence-corrected chi connectivity index (χ0v) is 13.0. The molecule has 0 heterocycles. The average molecular weight is 324 g/mol. The highest BCUT2D eigenvalue weighted by molar-refractivity contribution is 8.13. The minimum absolute atomic E-state index is 0.130. The maximum absolute atomic E-state index is 12.3. The smallest absolute Gasteiger partial charge is 0.261 e. The largest absolute Gasteiger partial charge is 0.339 e. The molecule has 0 aromatic heterocycles. The lowest BCUT2D eigenvalue weighted by Gasteiger charge is -2.20. The Morgan fingerprint density at radius 1 is 1.32 bits per heavy atom. The molecule has 0 atom stereocenters. The number of benzene rings is 1. The predicted octanol–water partition coefficient (Wildman–Crippen LogP) is 3.14. The van der Waals surface area contributed by atoms with Crippen LogP contribution in [-0.4, -0.2) is 32.3 Å². The Morgan fingerprint density at radius 2 is 1.95 bits per heavy atom. The molecule has 19 heavy (non-hydrogen) atoms. The highest BCUT2D eigenvalue weighted by Crippen LogP contribution is 2.24. The minimum atomic E-state index is -3.88. The Kier molecular flexibility index (Phi) is 5.64. The Balaban J connectivity index is 3.22. The number of halogens is 2. The van der Waals surface area contributed by atoms with E-state index in [1.807, 2.05) is 13.8 Å². The zero-order chi connectivity index (χ0) is 14.6. The molecule has 0 saturated heterocycles. The van der Waals surface area contributed by atoms with Gasteiger partial charge in [0, 0.05) is 23.8 Å². The van der Waals surface area contributed by atoms with Gasteiger partial charge in [-0.15, -0.1) is 0 Å². The molecular weight excluding hydrogens is 309 g/mol. The van der Waals surface area contributed by atoms with Gasteiger partial charge in [0.15, 0.2) is 0 Å². The first-order valence-electron chi connectivity index (χ1n) is 5.84. The van der Waals surface area contributed by atoms with Crippen molar-refractivity contribution in [1.29, 1.82) is 0 Å². The normalized spacial score (nSPS) is 11.4. The van der Waals surface area contributed by atoms with Gasteiger partial charge in [-0.3, -0.25) is 4.79 Å². The molecule has 0 spiro atoms. The van der Waals surface area contributed by atoms with Gasteiger partial charge in [0.25, 0.3) is 15.0 Å². The second-order valence-electron chi connectivity index (χ2n) is 3.96. The van der Waals surface area contributed by atoms with Gasteiger partial charge in [0.1, 0.15) is 0 Å². The number of carbonyl (C=O) groups is 1. The molecule has 0 bridgehead atoms. The Bertz CT molecular complexity index is 572. The summed E-state index contributed by atoms with van der Waals surface area (Å²) in [5.41, 5.74) is 0.152. The van der Waals surface area contributed by atoms with Gasteiger partial charge in [0.2, 0.25) is 0 Å². The van der Waals surface area contributed by atoms with Crippen molar-refractivity contribution in [1.82, 2.24) is 4.90 Å². The molecule has 1 aromatic rings. The van der Waals surface area contributed by atoms with Gasteiger partial charge in [-0.25, -0.2) is 8.42 Å². The van der Waals surface area contributed by atoms with Crippen LogP contribution in [0, 0.1) is 0 Å². The van der Waals surface area contributed by atoms with Crippen LogP contribution in [0.4, 0.5) is 0 Å². The fourth-order valence-corrected chi connectivity index (χ4v) is 2.64. The van der Waals surface area contributed by atoms with Crippen LogP contribution in [0.1, 0.15) is 30.6 Å². The highest BCUT2D eigenvalue weighted by atomic mass is 35.7. The molecule has 1 rings (SSSR count). The molecule has 1 aromatic carbocycles. The lowest BCUT2D eigenvalue weighted by Crippen LogP contribution is -2.31. The van der Waals surface area contributed by atoms with E-state index < -0.39 is 9.05 Å². The van der Waals surface area contributed by atoms with Gasteiger partial charge in [-0.1, -0.05) is 18.5 Å². The second kappa shape index (κ2) is 6.59. The van der Waals surface area contributed by atoms with Crippen LogP contribution in [0.3, 0.4) is 0 Å². The fraction of sp³-hybridized carbons (Fsp3) is 0.417. The molecule has 0 radical (unpaired) electrons. The Labute approximate surface area is 122 Å². The van der Waals surface area contributed by atoms with Crippen LogP contribution in [0.25, 0.3) is 0 Å². The maximum atomic E-state index is 12.3. The molecule has 4 nitrogen and oxygen atoms in total. The van der Waals surface area contributed by atoms with Crippen LogP contribution < -0.4 is 0 Å². The third kappa shape index (κ3) is 4.09.